The molecule has 0 aromatic heterocycles. The number of anilines is 1. The van der Waals surface area contributed by atoms with Crippen molar-refractivity contribution in [2.75, 3.05) is 5.32 Å². The molecule has 4 nitrogen and oxygen atoms in total. The molecule has 0 bridgehead atoms. The average molecular weight is 300 g/mol. The molecule has 1 aromatic carbocycles. The number of benzene rings is 1. The third-order valence-corrected chi connectivity index (χ3v) is 2.85. The second-order valence-electron chi connectivity index (χ2n) is 5.20. The summed E-state index contributed by atoms with van der Waals surface area (Å²) in [5, 5.41) is 9.15. The SMILES string of the molecule is Cc1c(Cl)cccc1NC(=O)NC(=S)NC(C)(C)C. The third-order valence-electron chi connectivity index (χ3n) is 2.23. The van der Waals surface area contributed by atoms with E-state index in [0.717, 1.165) is 5.56 Å². The quantitative estimate of drug-likeness (QED) is 0.696. The lowest BCUT2D eigenvalue weighted by Gasteiger charge is -2.22. The molecule has 0 radical (unpaired) electrons. The number of hydrogen-bond acceptors (Lipinski definition) is 2. The Balaban J connectivity index is 2.61. The molecule has 0 saturated carbocycles. The number of carbonyl (C=O) groups excluding carboxylic acids is 1. The van der Waals surface area contributed by atoms with Crippen molar-refractivity contribution >= 4 is 40.6 Å². The fourth-order valence-corrected chi connectivity index (χ4v) is 1.94. The zero-order valence-corrected chi connectivity index (χ0v) is 13.0. The molecule has 0 saturated heterocycles. The second-order valence-corrected chi connectivity index (χ2v) is 6.01. The molecule has 0 aliphatic carbocycles. The first-order valence-electron chi connectivity index (χ1n) is 5.84. The summed E-state index contributed by atoms with van der Waals surface area (Å²) in [7, 11) is 0. The first-order chi connectivity index (χ1) is 8.69. The third kappa shape index (κ3) is 5.44. The number of halogens is 1. The topological polar surface area (TPSA) is 53.2 Å². The van der Waals surface area contributed by atoms with Crippen LogP contribution in [0, 0.1) is 6.92 Å². The van der Waals surface area contributed by atoms with E-state index in [1.807, 2.05) is 27.7 Å². The van der Waals surface area contributed by atoms with Crippen LogP contribution in [0.1, 0.15) is 26.3 Å². The standard InChI is InChI=1S/C13H18ClN3OS/c1-8-9(14)6-5-7-10(8)15-11(18)16-12(19)17-13(2,3)4/h5-7H,1-4H3,(H3,15,16,17,18,19). The summed E-state index contributed by atoms with van der Waals surface area (Å²) in [5.41, 5.74) is 1.27. The minimum absolute atomic E-state index is 0.198. The van der Waals surface area contributed by atoms with E-state index in [9.17, 15) is 4.79 Å². The summed E-state index contributed by atoms with van der Waals surface area (Å²) in [6, 6.07) is 4.93. The van der Waals surface area contributed by atoms with Crippen LogP contribution in [0.2, 0.25) is 5.02 Å². The van der Waals surface area contributed by atoms with Crippen molar-refractivity contribution in [3.8, 4) is 0 Å². The first kappa shape index (κ1) is 15.7. The van der Waals surface area contributed by atoms with Gasteiger partial charge in [0, 0.05) is 16.2 Å². The summed E-state index contributed by atoms with van der Waals surface area (Å²) in [4.78, 5) is 11.8. The molecule has 0 heterocycles. The molecule has 0 aliphatic rings. The largest absolute Gasteiger partial charge is 0.358 e. The average Bonchev–Trinajstić information content (AvgIpc) is 2.21. The lowest BCUT2D eigenvalue weighted by atomic mass is 10.1. The Morgan fingerprint density at radius 3 is 2.53 bits per heavy atom. The Morgan fingerprint density at radius 2 is 1.95 bits per heavy atom. The number of nitrogens with one attached hydrogen (secondary N) is 3. The zero-order chi connectivity index (χ0) is 14.6. The van der Waals surface area contributed by atoms with Gasteiger partial charge in [-0.1, -0.05) is 17.7 Å². The molecular weight excluding hydrogens is 282 g/mol. The molecule has 0 atom stereocenters. The number of carbonyl (C=O) groups is 1. The maximum absolute atomic E-state index is 11.8. The molecule has 0 spiro atoms. The minimum Gasteiger partial charge on any atom is -0.358 e. The van der Waals surface area contributed by atoms with Crippen molar-refractivity contribution in [3.05, 3.63) is 28.8 Å². The van der Waals surface area contributed by atoms with Gasteiger partial charge in [0.1, 0.15) is 0 Å². The Morgan fingerprint density at radius 1 is 1.32 bits per heavy atom. The van der Waals surface area contributed by atoms with Crippen LogP contribution in [-0.4, -0.2) is 16.7 Å². The highest BCUT2D eigenvalue weighted by molar-refractivity contribution is 7.80. The molecule has 6 heteroatoms. The van der Waals surface area contributed by atoms with Crippen molar-refractivity contribution < 1.29 is 4.79 Å². The van der Waals surface area contributed by atoms with E-state index < -0.39 is 6.03 Å². The van der Waals surface area contributed by atoms with E-state index in [1.54, 1.807) is 18.2 Å². The van der Waals surface area contributed by atoms with Gasteiger partial charge < -0.3 is 10.6 Å². The summed E-state index contributed by atoms with van der Waals surface area (Å²) in [6.07, 6.45) is 0. The smallest absolute Gasteiger partial charge is 0.325 e. The molecule has 3 N–H and O–H groups in total. The van der Waals surface area contributed by atoms with Crippen LogP contribution in [0.3, 0.4) is 0 Å². The normalized spacial score (nSPS) is 10.8. The summed E-state index contributed by atoms with van der Waals surface area (Å²) in [5.74, 6) is 0. The van der Waals surface area contributed by atoms with Gasteiger partial charge >= 0.3 is 6.03 Å². The van der Waals surface area contributed by atoms with Gasteiger partial charge in [-0.15, -0.1) is 0 Å². The lowest BCUT2D eigenvalue weighted by molar-refractivity contribution is 0.256. The van der Waals surface area contributed by atoms with Crippen LogP contribution in [0.4, 0.5) is 10.5 Å². The van der Waals surface area contributed by atoms with Crippen molar-refractivity contribution in [1.82, 2.24) is 10.6 Å². The van der Waals surface area contributed by atoms with Gasteiger partial charge in [0.25, 0.3) is 0 Å². The number of urea groups is 1. The molecule has 19 heavy (non-hydrogen) atoms. The van der Waals surface area contributed by atoms with E-state index in [2.05, 4.69) is 16.0 Å². The maximum atomic E-state index is 11.8. The van der Waals surface area contributed by atoms with Crippen molar-refractivity contribution in [3.63, 3.8) is 0 Å². The first-order valence-corrected chi connectivity index (χ1v) is 6.63. The number of amides is 2. The molecule has 0 fully saturated rings. The van der Waals surface area contributed by atoms with E-state index in [1.165, 1.54) is 0 Å². The maximum Gasteiger partial charge on any atom is 0.325 e. The van der Waals surface area contributed by atoms with Gasteiger partial charge in [-0.25, -0.2) is 4.79 Å². The fraction of sp³-hybridized carbons (Fsp3) is 0.385. The molecular formula is C13H18ClN3OS. The minimum atomic E-state index is -0.396. The van der Waals surface area contributed by atoms with E-state index in [0.29, 0.717) is 10.7 Å². The molecule has 104 valence electrons. The van der Waals surface area contributed by atoms with Crippen LogP contribution in [-0.2, 0) is 0 Å². The zero-order valence-electron chi connectivity index (χ0n) is 11.4. The van der Waals surface area contributed by atoms with Crippen LogP contribution in [0.25, 0.3) is 0 Å². The van der Waals surface area contributed by atoms with Gasteiger partial charge in [0.15, 0.2) is 5.11 Å². The predicted molar refractivity (Wildman–Crippen MR) is 83.8 cm³/mol. The second kappa shape index (κ2) is 6.21. The Kier molecular flexibility index (Phi) is 5.14. The van der Waals surface area contributed by atoms with Gasteiger partial charge in [-0.3, -0.25) is 5.32 Å². The summed E-state index contributed by atoms with van der Waals surface area (Å²) in [6.45, 7) is 7.71. The van der Waals surface area contributed by atoms with Crippen LogP contribution in [0.5, 0.6) is 0 Å². The fourth-order valence-electron chi connectivity index (χ4n) is 1.37. The van der Waals surface area contributed by atoms with Gasteiger partial charge in [0.2, 0.25) is 0 Å². The number of hydrogen-bond donors (Lipinski definition) is 3. The van der Waals surface area contributed by atoms with Gasteiger partial charge in [-0.05, 0) is 57.6 Å². The summed E-state index contributed by atoms with van der Waals surface area (Å²) < 4.78 is 0. The lowest BCUT2D eigenvalue weighted by Crippen LogP contribution is -2.49. The molecule has 0 aliphatic heterocycles. The van der Waals surface area contributed by atoms with Crippen molar-refractivity contribution in [2.24, 2.45) is 0 Å². The highest BCUT2D eigenvalue weighted by Crippen LogP contribution is 2.22. The Labute approximate surface area is 123 Å². The van der Waals surface area contributed by atoms with Crippen LogP contribution < -0.4 is 16.0 Å². The van der Waals surface area contributed by atoms with E-state index in [4.69, 9.17) is 23.8 Å². The molecule has 2 amide bonds. The van der Waals surface area contributed by atoms with Crippen LogP contribution in [0.15, 0.2) is 18.2 Å². The summed E-state index contributed by atoms with van der Waals surface area (Å²) >= 11 is 11.0. The number of thiocarbonyl (C=S) groups is 1. The van der Waals surface area contributed by atoms with Crippen molar-refractivity contribution in [2.45, 2.75) is 33.2 Å². The highest BCUT2D eigenvalue weighted by Gasteiger charge is 2.13. The monoisotopic (exact) mass is 299 g/mol. The van der Waals surface area contributed by atoms with Crippen molar-refractivity contribution in [1.29, 1.82) is 0 Å². The van der Waals surface area contributed by atoms with Crippen LogP contribution >= 0.6 is 23.8 Å². The molecule has 1 rings (SSSR count). The van der Waals surface area contributed by atoms with E-state index >= 15 is 0 Å². The Bertz CT molecular complexity index is 497. The predicted octanol–water partition coefficient (Wildman–Crippen LogP) is 3.44. The van der Waals surface area contributed by atoms with E-state index in [-0.39, 0.29) is 10.7 Å². The van der Waals surface area contributed by atoms with Gasteiger partial charge in [0.05, 0.1) is 0 Å². The number of rotatable bonds is 1. The van der Waals surface area contributed by atoms with Gasteiger partial charge in [-0.2, -0.15) is 0 Å². The highest BCUT2D eigenvalue weighted by atomic mass is 35.5. The molecule has 0 unspecified atom stereocenters. The molecule has 1 aromatic rings. The Hall–Kier alpha value is -1.33.